The van der Waals surface area contributed by atoms with Gasteiger partial charge in [-0.25, -0.2) is 0 Å². The smallest absolute Gasteiger partial charge is 0.223 e. The quantitative estimate of drug-likeness (QED) is 0.692. The van der Waals surface area contributed by atoms with Crippen molar-refractivity contribution >= 4 is 5.91 Å². The van der Waals surface area contributed by atoms with Crippen molar-refractivity contribution in [2.24, 2.45) is 0 Å². The molecule has 0 heterocycles. The van der Waals surface area contributed by atoms with Crippen LogP contribution in [-0.2, 0) is 4.79 Å². The number of nitriles is 1. The molecule has 0 saturated carbocycles. The van der Waals surface area contributed by atoms with Gasteiger partial charge in [0.2, 0.25) is 5.91 Å². The minimum atomic E-state index is -0.419. The van der Waals surface area contributed by atoms with E-state index < -0.39 is 6.04 Å². The highest BCUT2D eigenvalue weighted by atomic mass is 16.1. The topological polar surface area (TPSA) is 68.2 Å². The Bertz CT molecular complexity index is 300. The number of likely N-dealkylation sites (N-methyl/N-ethyl adjacent to an activating group) is 1. The number of carbonyl (C=O) groups is 1. The van der Waals surface area contributed by atoms with E-state index in [4.69, 9.17) is 5.26 Å². The molecule has 0 spiro atoms. The van der Waals surface area contributed by atoms with Crippen molar-refractivity contribution in [3.8, 4) is 6.07 Å². The van der Waals surface area contributed by atoms with Gasteiger partial charge in [-0.15, -0.1) is 0 Å². The van der Waals surface area contributed by atoms with Crippen LogP contribution in [0.2, 0.25) is 0 Å². The van der Waals surface area contributed by atoms with Crippen LogP contribution < -0.4 is 10.6 Å². The first-order valence-corrected chi connectivity index (χ1v) is 6.98. The number of hydrogen-bond donors (Lipinski definition) is 2. The van der Waals surface area contributed by atoms with Crippen molar-refractivity contribution in [2.45, 2.75) is 52.6 Å². The minimum Gasteiger partial charge on any atom is -0.351 e. The summed E-state index contributed by atoms with van der Waals surface area (Å²) in [4.78, 5) is 14.0. The third kappa shape index (κ3) is 9.46. The van der Waals surface area contributed by atoms with Crippen molar-refractivity contribution in [1.82, 2.24) is 15.5 Å². The first-order valence-electron chi connectivity index (χ1n) is 6.98. The maximum absolute atomic E-state index is 11.7. The fourth-order valence-electron chi connectivity index (χ4n) is 1.75. The summed E-state index contributed by atoms with van der Waals surface area (Å²) in [5.74, 6) is -0.0885. The van der Waals surface area contributed by atoms with Gasteiger partial charge < -0.3 is 15.5 Å². The molecular weight excluding hydrogens is 240 g/mol. The second kappa shape index (κ2) is 8.89. The summed E-state index contributed by atoms with van der Waals surface area (Å²) in [6.45, 7) is 13.6. The van der Waals surface area contributed by atoms with Crippen LogP contribution in [0.15, 0.2) is 0 Å². The molecule has 0 aromatic rings. The van der Waals surface area contributed by atoms with Gasteiger partial charge in [0.05, 0.1) is 12.5 Å². The average Bonchev–Trinajstić information content (AvgIpc) is 2.30. The summed E-state index contributed by atoms with van der Waals surface area (Å²) in [5, 5.41) is 15.0. The summed E-state index contributed by atoms with van der Waals surface area (Å²) in [7, 11) is 0. The van der Waals surface area contributed by atoms with Crippen molar-refractivity contribution in [3.05, 3.63) is 0 Å². The Balaban J connectivity index is 4.03. The van der Waals surface area contributed by atoms with Crippen LogP contribution in [0.1, 0.15) is 41.0 Å². The summed E-state index contributed by atoms with van der Waals surface area (Å²) in [6, 6.07) is 1.72. The van der Waals surface area contributed by atoms with Crippen LogP contribution in [0, 0.1) is 11.3 Å². The van der Waals surface area contributed by atoms with Gasteiger partial charge in [0, 0.05) is 18.6 Å². The third-order valence-electron chi connectivity index (χ3n) is 2.77. The molecule has 0 aliphatic rings. The van der Waals surface area contributed by atoms with Gasteiger partial charge in [-0.05, 0) is 33.9 Å². The standard InChI is InChI=1S/C14H28N4O/c1-6-18(7-2)9-8-16-12(11-15)10-13(19)17-14(3,4)5/h12,16H,6-10H2,1-5H3,(H,17,19). The first kappa shape index (κ1) is 17.9. The predicted octanol–water partition coefficient (Wildman–Crippen LogP) is 1.11. The second-order valence-corrected chi connectivity index (χ2v) is 5.66. The zero-order valence-electron chi connectivity index (χ0n) is 12.9. The maximum atomic E-state index is 11.7. The largest absolute Gasteiger partial charge is 0.351 e. The van der Waals surface area contributed by atoms with Crippen LogP contribution in [0.4, 0.5) is 0 Å². The van der Waals surface area contributed by atoms with Crippen LogP contribution in [0.5, 0.6) is 0 Å². The van der Waals surface area contributed by atoms with E-state index in [0.29, 0.717) is 0 Å². The van der Waals surface area contributed by atoms with Crippen LogP contribution in [-0.4, -0.2) is 48.6 Å². The van der Waals surface area contributed by atoms with Gasteiger partial charge in [0.15, 0.2) is 0 Å². The van der Waals surface area contributed by atoms with Crippen LogP contribution >= 0.6 is 0 Å². The highest BCUT2D eigenvalue weighted by Gasteiger charge is 2.17. The molecule has 0 bridgehead atoms. The van der Waals surface area contributed by atoms with Crippen molar-refractivity contribution in [3.63, 3.8) is 0 Å². The number of rotatable bonds is 8. The number of carbonyl (C=O) groups excluding carboxylic acids is 1. The highest BCUT2D eigenvalue weighted by molar-refractivity contribution is 5.77. The molecule has 5 heteroatoms. The maximum Gasteiger partial charge on any atom is 0.223 e. The second-order valence-electron chi connectivity index (χ2n) is 5.66. The molecule has 0 saturated heterocycles. The van der Waals surface area contributed by atoms with Gasteiger partial charge in [-0.3, -0.25) is 4.79 Å². The Kier molecular flexibility index (Phi) is 8.37. The molecule has 0 rings (SSSR count). The van der Waals surface area contributed by atoms with Crippen LogP contribution in [0.25, 0.3) is 0 Å². The summed E-state index contributed by atoms with van der Waals surface area (Å²) >= 11 is 0. The lowest BCUT2D eigenvalue weighted by molar-refractivity contribution is -0.122. The van der Waals surface area contributed by atoms with Crippen molar-refractivity contribution < 1.29 is 4.79 Å². The number of nitrogens with zero attached hydrogens (tertiary/aromatic N) is 2. The van der Waals surface area contributed by atoms with Gasteiger partial charge >= 0.3 is 0 Å². The molecular formula is C14H28N4O. The van der Waals surface area contributed by atoms with Crippen molar-refractivity contribution in [2.75, 3.05) is 26.2 Å². The van der Waals surface area contributed by atoms with Gasteiger partial charge in [-0.2, -0.15) is 5.26 Å². The SMILES string of the molecule is CCN(CC)CCNC(C#N)CC(=O)NC(C)(C)C. The van der Waals surface area contributed by atoms with E-state index in [-0.39, 0.29) is 17.9 Å². The lowest BCUT2D eigenvalue weighted by Gasteiger charge is -2.22. The minimum absolute atomic E-state index is 0.0885. The molecule has 110 valence electrons. The lowest BCUT2D eigenvalue weighted by Crippen LogP contribution is -2.44. The van der Waals surface area contributed by atoms with E-state index in [2.05, 4.69) is 35.5 Å². The summed E-state index contributed by atoms with van der Waals surface area (Å²) in [6.07, 6.45) is 0.200. The van der Waals surface area contributed by atoms with Gasteiger partial charge in [-0.1, -0.05) is 13.8 Å². The van der Waals surface area contributed by atoms with E-state index in [9.17, 15) is 4.79 Å². The molecule has 0 aliphatic heterocycles. The van der Waals surface area contributed by atoms with Gasteiger partial charge in [0.25, 0.3) is 0 Å². The zero-order chi connectivity index (χ0) is 14.9. The Morgan fingerprint density at radius 2 is 1.89 bits per heavy atom. The number of hydrogen-bond acceptors (Lipinski definition) is 4. The van der Waals surface area contributed by atoms with E-state index in [1.165, 1.54) is 0 Å². The van der Waals surface area contributed by atoms with Crippen LogP contribution in [0.3, 0.4) is 0 Å². The fraction of sp³-hybridized carbons (Fsp3) is 0.857. The molecule has 0 aromatic carbocycles. The van der Waals surface area contributed by atoms with E-state index in [1.807, 2.05) is 20.8 Å². The Morgan fingerprint density at radius 3 is 2.32 bits per heavy atom. The Morgan fingerprint density at radius 1 is 1.32 bits per heavy atom. The molecule has 1 atom stereocenters. The predicted molar refractivity (Wildman–Crippen MR) is 77.7 cm³/mol. The zero-order valence-corrected chi connectivity index (χ0v) is 12.9. The highest BCUT2D eigenvalue weighted by Crippen LogP contribution is 2.00. The lowest BCUT2D eigenvalue weighted by atomic mass is 10.1. The third-order valence-corrected chi connectivity index (χ3v) is 2.77. The molecule has 19 heavy (non-hydrogen) atoms. The molecule has 0 aliphatic carbocycles. The molecule has 1 amide bonds. The van der Waals surface area contributed by atoms with Crippen molar-refractivity contribution in [1.29, 1.82) is 5.26 Å². The molecule has 5 nitrogen and oxygen atoms in total. The summed E-state index contributed by atoms with van der Waals surface area (Å²) in [5.41, 5.74) is -0.252. The monoisotopic (exact) mass is 268 g/mol. The fourth-order valence-corrected chi connectivity index (χ4v) is 1.75. The van der Waals surface area contributed by atoms with E-state index in [1.54, 1.807) is 0 Å². The number of amides is 1. The van der Waals surface area contributed by atoms with E-state index in [0.717, 1.165) is 26.2 Å². The number of nitrogens with one attached hydrogen (secondary N) is 2. The normalized spacial score (nSPS) is 13.1. The Labute approximate surface area is 117 Å². The Hall–Kier alpha value is -1.12. The first-order chi connectivity index (χ1) is 8.82. The summed E-state index contributed by atoms with van der Waals surface area (Å²) < 4.78 is 0. The molecule has 2 N–H and O–H groups in total. The average molecular weight is 268 g/mol. The molecule has 0 radical (unpaired) electrons. The van der Waals surface area contributed by atoms with Gasteiger partial charge in [0.1, 0.15) is 6.04 Å². The van der Waals surface area contributed by atoms with E-state index >= 15 is 0 Å². The molecule has 0 fully saturated rings. The molecule has 1 unspecified atom stereocenters. The molecule has 0 aromatic heterocycles.